The number of ether oxygens (including phenoxy) is 1. The average Bonchev–Trinajstić information content (AvgIpc) is 3.21. The van der Waals surface area contributed by atoms with Crippen LogP contribution in [0.25, 0.3) is 10.2 Å². The van der Waals surface area contributed by atoms with Crippen LogP contribution in [0.3, 0.4) is 0 Å². The van der Waals surface area contributed by atoms with Crippen LogP contribution < -0.4 is 4.74 Å². The number of amides is 1. The number of carbonyl (C=O) groups excluding carboxylic acids is 1. The van der Waals surface area contributed by atoms with Crippen molar-refractivity contribution in [2.24, 2.45) is 0 Å². The minimum absolute atomic E-state index is 0.0266. The molecule has 0 aliphatic carbocycles. The van der Waals surface area contributed by atoms with Gasteiger partial charge in [0.1, 0.15) is 6.10 Å². The summed E-state index contributed by atoms with van der Waals surface area (Å²) in [6, 6.07) is 14.0. The van der Waals surface area contributed by atoms with Gasteiger partial charge in [-0.2, -0.15) is 4.31 Å². The zero-order chi connectivity index (χ0) is 22.9. The molecule has 1 aliphatic heterocycles. The van der Waals surface area contributed by atoms with Gasteiger partial charge in [-0.15, -0.1) is 0 Å². The molecule has 0 atom stereocenters. The topological polar surface area (TPSA) is 79.8 Å². The van der Waals surface area contributed by atoms with Crippen LogP contribution in [0, 0.1) is 0 Å². The van der Waals surface area contributed by atoms with E-state index in [0.29, 0.717) is 23.8 Å². The van der Waals surface area contributed by atoms with Gasteiger partial charge in [0.2, 0.25) is 10.0 Å². The van der Waals surface area contributed by atoms with Gasteiger partial charge in [-0.25, -0.2) is 13.4 Å². The Balaban J connectivity index is 1.36. The number of thiazole rings is 1. The smallest absolute Gasteiger partial charge is 0.274 e. The molecule has 2 heterocycles. The number of hydrogen-bond donors (Lipinski definition) is 0. The Kier molecular flexibility index (Phi) is 6.50. The summed E-state index contributed by atoms with van der Waals surface area (Å²) in [6.07, 6.45) is 1.49. The number of sulfonamides is 1. The van der Waals surface area contributed by atoms with Crippen LogP contribution in [-0.2, 0) is 10.0 Å². The van der Waals surface area contributed by atoms with Crippen molar-refractivity contribution in [2.75, 3.05) is 20.1 Å². The summed E-state index contributed by atoms with van der Waals surface area (Å²) in [6.45, 7) is 4.81. The number of nitrogens with zero attached hydrogens (tertiary/aromatic N) is 3. The lowest BCUT2D eigenvalue weighted by molar-refractivity contribution is 0.0595. The Bertz CT molecular complexity index is 1160. The number of piperidine rings is 1. The molecule has 1 fully saturated rings. The van der Waals surface area contributed by atoms with E-state index in [9.17, 15) is 13.2 Å². The Morgan fingerprint density at radius 3 is 2.41 bits per heavy atom. The van der Waals surface area contributed by atoms with Crippen LogP contribution in [0.5, 0.6) is 5.19 Å². The zero-order valence-corrected chi connectivity index (χ0v) is 20.0. The summed E-state index contributed by atoms with van der Waals surface area (Å²) in [5, 5.41) is 0.666. The van der Waals surface area contributed by atoms with Gasteiger partial charge in [-0.1, -0.05) is 23.5 Å². The molecule has 1 saturated heterocycles. The average molecular weight is 474 g/mol. The molecule has 170 valence electrons. The maximum atomic E-state index is 12.9. The number of rotatable bonds is 6. The van der Waals surface area contributed by atoms with Crippen molar-refractivity contribution in [2.45, 2.75) is 43.7 Å². The predicted molar refractivity (Wildman–Crippen MR) is 126 cm³/mol. The Hall–Kier alpha value is -2.49. The second kappa shape index (κ2) is 9.17. The van der Waals surface area contributed by atoms with Crippen molar-refractivity contribution in [3.05, 3.63) is 54.1 Å². The molecule has 32 heavy (non-hydrogen) atoms. The van der Waals surface area contributed by atoms with Gasteiger partial charge < -0.3 is 9.64 Å². The Morgan fingerprint density at radius 2 is 1.78 bits per heavy atom. The number of carbonyl (C=O) groups is 1. The van der Waals surface area contributed by atoms with Crippen molar-refractivity contribution in [1.29, 1.82) is 0 Å². The van der Waals surface area contributed by atoms with Crippen LogP contribution in [0.1, 0.15) is 37.0 Å². The van der Waals surface area contributed by atoms with E-state index in [-0.39, 0.29) is 22.9 Å². The van der Waals surface area contributed by atoms with Crippen LogP contribution in [0.15, 0.2) is 53.4 Å². The van der Waals surface area contributed by atoms with E-state index in [1.165, 1.54) is 27.8 Å². The molecular formula is C23H27N3O4S2. The molecule has 0 unspecified atom stereocenters. The summed E-state index contributed by atoms with van der Waals surface area (Å²) in [7, 11) is -2.01. The third kappa shape index (κ3) is 4.65. The van der Waals surface area contributed by atoms with E-state index in [4.69, 9.17) is 4.74 Å². The molecule has 0 radical (unpaired) electrons. The maximum absolute atomic E-state index is 12.9. The van der Waals surface area contributed by atoms with Gasteiger partial charge in [-0.3, -0.25) is 4.79 Å². The summed E-state index contributed by atoms with van der Waals surface area (Å²) >= 11 is 1.54. The van der Waals surface area contributed by atoms with Gasteiger partial charge in [0, 0.05) is 44.6 Å². The van der Waals surface area contributed by atoms with Crippen molar-refractivity contribution >= 4 is 37.5 Å². The summed E-state index contributed by atoms with van der Waals surface area (Å²) in [5.41, 5.74) is 1.42. The van der Waals surface area contributed by atoms with Gasteiger partial charge >= 0.3 is 0 Å². The predicted octanol–water partition coefficient (Wildman–Crippen LogP) is 4.01. The first-order valence-corrected chi connectivity index (χ1v) is 12.9. The summed E-state index contributed by atoms with van der Waals surface area (Å²) < 4.78 is 33.7. The molecule has 1 amide bonds. The highest BCUT2D eigenvalue weighted by Gasteiger charge is 2.27. The highest BCUT2D eigenvalue weighted by atomic mass is 32.2. The van der Waals surface area contributed by atoms with Crippen molar-refractivity contribution in [3.8, 4) is 5.19 Å². The number of hydrogen-bond acceptors (Lipinski definition) is 6. The number of likely N-dealkylation sites (tertiary alicyclic amines) is 1. The van der Waals surface area contributed by atoms with Crippen molar-refractivity contribution in [3.63, 3.8) is 0 Å². The van der Waals surface area contributed by atoms with Gasteiger partial charge in [-0.05, 0) is 50.2 Å². The fourth-order valence-corrected chi connectivity index (χ4v) is 5.87. The highest BCUT2D eigenvalue weighted by molar-refractivity contribution is 7.89. The van der Waals surface area contributed by atoms with Crippen LogP contribution >= 0.6 is 11.3 Å². The van der Waals surface area contributed by atoms with Gasteiger partial charge in [0.05, 0.1) is 15.1 Å². The Morgan fingerprint density at radius 1 is 1.12 bits per heavy atom. The largest absolute Gasteiger partial charge is 0.467 e. The zero-order valence-electron chi connectivity index (χ0n) is 18.4. The van der Waals surface area contributed by atoms with Crippen LogP contribution in [0.2, 0.25) is 0 Å². The maximum Gasteiger partial charge on any atom is 0.274 e. The van der Waals surface area contributed by atoms with E-state index >= 15 is 0 Å². The minimum atomic E-state index is -3.57. The molecule has 2 aromatic carbocycles. The van der Waals surface area contributed by atoms with Gasteiger partial charge in [0.15, 0.2) is 0 Å². The second-order valence-electron chi connectivity index (χ2n) is 8.20. The SMILES string of the molecule is CC(C)N(C)S(=O)(=O)c1ccc(C(=O)N2CCC(Oc3nc4ccccc4s3)CC2)cc1. The number of aromatic nitrogens is 1. The van der Waals surface area contributed by atoms with Crippen molar-refractivity contribution in [1.82, 2.24) is 14.2 Å². The van der Waals surface area contributed by atoms with E-state index in [0.717, 1.165) is 23.1 Å². The summed E-state index contributed by atoms with van der Waals surface area (Å²) in [4.78, 5) is 19.4. The third-order valence-corrected chi connectivity index (χ3v) is 8.75. The molecule has 3 aromatic rings. The first-order valence-electron chi connectivity index (χ1n) is 10.7. The van der Waals surface area contributed by atoms with Crippen LogP contribution in [-0.4, -0.2) is 60.8 Å². The van der Waals surface area contributed by atoms with E-state index in [1.807, 2.05) is 38.1 Å². The molecule has 0 spiro atoms. The summed E-state index contributed by atoms with van der Waals surface area (Å²) in [5.74, 6) is -0.0930. The molecule has 1 aromatic heterocycles. The first kappa shape index (κ1) is 22.7. The number of para-hydroxylation sites is 1. The standard InChI is InChI=1S/C23H27N3O4S2/c1-16(2)25(3)32(28,29)19-10-8-17(9-11-19)22(27)26-14-12-18(13-15-26)30-23-24-20-6-4-5-7-21(20)31-23/h4-11,16,18H,12-15H2,1-3H3. The fraction of sp³-hybridized carbons (Fsp3) is 0.391. The number of fused-ring (bicyclic) bond motifs is 1. The third-order valence-electron chi connectivity index (χ3n) is 5.78. The van der Waals surface area contributed by atoms with Crippen molar-refractivity contribution < 1.29 is 17.9 Å². The molecule has 0 bridgehead atoms. The number of benzene rings is 2. The monoisotopic (exact) mass is 473 g/mol. The van der Waals surface area contributed by atoms with E-state index < -0.39 is 10.0 Å². The van der Waals surface area contributed by atoms with E-state index in [1.54, 1.807) is 24.1 Å². The molecule has 7 nitrogen and oxygen atoms in total. The molecule has 4 rings (SSSR count). The molecule has 0 saturated carbocycles. The van der Waals surface area contributed by atoms with Crippen LogP contribution in [0.4, 0.5) is 0 Å². The first-order chi connectivity index (χ1) is 15.3. The minimum Gasteiger partial charge on any atom is -0.467 e. The lowest BCUT2D eigenvalue weighted by atomic mass is 10.1. The fourth-order valence-electron chi connectivity index (χ4n) is 3.62. The normalized spacial score (nSPS) is 15.6. The molecule has 0 N–H and O–H groups in total. The molecular weight excluding hydrogens is 446 g/mol. The molecule has 1 aliphatic rings. The van der Waals surface area contributed by atoms with Gasteiger partial charge in [0.25, 0.3) is 11.1 Å². The lowest BCUT2D eigenvalue weighted by Crippen LogP contribution is -2.41. The Labute approximate surface area is 192 Å². The van der Waals surface area contributed by atoms with E-state index in [2.05, 4.69) is 4.98 Å². The second-order valence-corrected chi connectivity index (χ2v) is 11.2. The highest BCUT2D eigenvalue weighted by Crippen LogP contribution is 2.29. The molecule has 9 heteroatoms. The lowest BCUT2D eigenvalue weighted by Gasteiger charge is -2.31. The quantitative estimate of drug-likeness (QED) is 0.540.